The Bertz CT molecular complexity index is 5030. The molecule has 3 aromatic carbocycles. The van der Waals surface area contributed by atoms with Gasteiger partial charge in [-0.25, -0.2) is 79.6 Å². The number of ether oxygens (including phenoxy) is 5. The molecule has 0 aliphatic heterocycles. The SMILES string of the molecule is COc1cc(F)c(NS(C)(=O)=O)cc1-c1ccc(C(C)C)cc1.COc1ncc(NS(C)(=O)=O)cc1/C=C/C1CCC(C(C)(F)F)CC1.COc1ncc(NS(C)(=O)=O)cc1/C=C/C1CCC(C)(F)CC1.COc1ncc(NS(C)(=O)=O)cc1/C=C/CC(C)C.COc1ncc(NS(C)(=O)=O)cc1C1CC(c2ccc(C)cc2)C1. The average Bonchev–Trinajstić information content (AvgIpc) is 0.943. The summed E-state index contributed by atoms with van der Waals surface area (Å²) < 4.78 is 206. The molecule has 10 rings (SSSR count). The minimum atomic E-state index is -3.57. The third kappa shape index (κ3) is 32.3. The second-order valence-corrected chi connectivity index (χ2v) is 38.6. The first-order chi connectivity index (χ1) is 53.1. The van der Waals surface area contributed by atoms with Crippen LogP contribution in [0.3, 0.4) is 0 Å². The zero-order chi connectivity index (χ0) is 84.7. The summed E-state index contributed by atoms with van der Waals surface area (Å²) in [6.45, 7) is 13.2. The predicted molar refractivity (Wildman–Crippen MR) is 448 cm³/mol. The number of rotatable bonds is 27. The van der Waals surface area contributed by atoms with Gasteiger partial charge in [0.1, 0.15) is 11.4 Å². The molecule has 5 N–H and O–H groups in total. The summed E-state index contributed by atoms with van der Waals surface area (Å²) >= 11 is 0. The van der Waals surface area contributed by atoms with Gasteiger partial charge in [-0.2, -0.15) is 0 Å². The van der Waals surface area contributed by atoms with Crippen molar-refractivity contribution in [3.8, 4) is 40.4 Å². The quantitative estimate of drug-likeness (QED) is 0.0299. The lowest BCUT2D eigenvalue weighted by Gasteiger charge is -2.36. The number of halogens is 4. The highest BCUT2D eigenvalue weighted by molar-refractivity contribution is 7.93. The highest BCUT2D eigenvalue weighted by atomic mass is 32.2. The fourth-order valence-electron chi connectivity index (χ4n) is 12.7. The molecule has 4 heterocycles. The first-order valence-corrected chi connectivity index (χ1v) is 46.3. The summed E-state index contributed by atoms with van der Waals surface area (Å²) in [5.74, 6) is 0.708. The Balaban J connectivity index is 0.000000222. The van der Waals surface area contributed by atoms with Crippen molar-refractivity contribution in [2.45, 2.75) is 148 Å². The minimum Gasteiger partial charge on any atom is -0.496 e. The molecule has 3 saturated carbocycles. The van der Waals surface area contributed by atoms with Gasteiger partial charge in [-0.15, -0.1) is 0 Å². The highest BCUT2D eigenvalue weighted by Crippen LogP contribution is 2.50. The van der Waals surface area contributed by atoms with Crippen molar-refractivity contribution in [3.05, 3.63) is 173 Å². The summed E-state index contributed by atoms with van der Waals surface area (Å²) in [6.07, 6.45) is 30.8. The van der Waals surface area contributed by atoms with Gasteiger partial charge in [0.25, 0.3) is 0 Å². The first-order valence-electron chi connectivity index (χ1n) is 36.8. The summed E-state index contributed by atoms with van der Waals surface area (Å²) in [7, 11) is -9.37. The van der Waals surface area contributed by atoms with Gasteiger partial charge in [-0.3, -0.25) is 23.6 Å². The molecule has 0 bridgehead atoms. The van der Waals surface area contributed by atoms with Crippen LogP contribution in [0.15, 0.2) is 128 Å². The summed E-state index contributed by atoms with van der Waals surface area (Å²) in [6, 6.07) is 25.9. The van der Waals surface area contributed by atoms with Gasteiger partial charge in [-0.1, -0.05) is 118 Å². The predicted octanol–water partition coefficient (Wildman–Crippen LogP) is 17.3. The standard InChI is InChI=1S/C18H22N2O3S.C17H24F2N2O3S.C17H20FNO3S.C16H23FN2O3S.C13H20N2O3S/c1-12-4-6-13(7-5-12)14-8-15(9-14)17-10-16(20-24(3,21)22)11-19-18(17)23-2;1-17(18,19)14-8-5-12(6-9-14)4-7-13-10-15(21-25(3,22)23)11-20-16(13)24-2;1-11(2)12-5-7-13(8-6-12)14-9-16(19-23(4,20)21)15(18)10-17(14)22-3;1-16(17)8-6-12(7-9-16)4-5-13-10-14(19-23(3,20)21)11-18-15(13)22-2;1-10(2)6-5-7-11-8-12(15-19(4,16)17)9-14-13(11)18-3/h4-7,10-11,14-15,20H,8-9H2,1-3H3;4,7,10-12,14,21H,5-6,8-9H2,1-3H3;5-11,19H,1-4H3;4-5,10-12,19H,6-9H2,1-3H3;5,7-10,15H,6H2,1-4H3/b;7-4+;;5-4+;7-5+. The summed E-state index contributed by atoms with van der Waals surface area (Å²) in [5, 5.41) is 0. The van der Waals surface area contributed by atoms with Gasteiger partial charge in [0.05, 0.1) is 120 Å². The Morgan fingerprint density at radius 2 is 0.921 bits per heavy atom. The maximum atomic E-state index is 14.0. The molecular formula is C81H109F4N9O15S5. The van der Waals surface area contributed by atoms with Crippen molar-refractivity contribution >= 4 is 96.8 Å². The number of hydrogen-bond donors (Lipinski definition) is 5. The molecule has 114 heavy (non-hydrogen) atoms. The number of allylic oxidation sites excluding steroid dienone is 3. The van der Waals surface area contributed by atoms with E-state index < -0.39 is 73.4 Å². The molecule has 3 fully saturated rings. The van der Waals surface area contributed by atoms with Crippen molar-refractivity contribution in [3.63, 3.8) is 0 Å². The van der Waals surface area contributed by atoms with Crippen molar-refractivity contribution in [2.24, 2.45) is 23.7 Å². The smallest absolute Gasteiger partial charge is 0.248 e. The number of sulfonamides is 5. The third-order valence-electron chi connectivity index (χ3n) is 18.7. The Morgan fingerprint density at radius 1 is 0.518 bits per heavy atom. The number of nitrogens with zero attached hydrogens (tertiary/aromatic N) is 4. The lowest BCUT2D eigenvalue weighted by Crippen LogP contribution is -2.28. The van der Waals surface area contributed by atoms with Crippen molar-refractivity contribution in [1.29, 1.82) is 0 Å². The number of aryl methyl sites for hydroxylation is 1. The largest absolute Gasteiger partial charge is 0.496 e. The number of methoxy groups -OCH3 is 5. The number of benzene rings is 3. The Labute approximate surface area is 671 Å². The van der Waals surface area contributed by atoms with E-state index in [0.29, 0.717) is 137 Å². The van der Waals surface area contributed by atoms with E-state index in [1.165, 1.54) is 82.0 Å². The van der Waals surface area contributed by atoms with Gasteiger partial charge in [0.15, 0.2) is 5.82 Å². The van der Waals surface area contributed by atoms with Crippen LogP contribution in [0.1, 0.15) is 169 Å². The van der Waals surface area contributed by atoms with E-state index in [0.717, 1.165) is 87.0 Å². The molecular weight excluding hydrogens is 1580 g/mol. The number of anilines is 5. The van der Waals surface area contributed by atoms with E-state index in [9.17, 15) is 59.7 Å². The zero-order valence-corrected chi connectivity index (χ0v) is 71.7. The Morgan fingerprint density at radius 3 is 1.31 bits per heavy atom. The molecule has 3 aliphatic rings. The fourth-order valence-corrected chi connectivity index (χ4v) is 15.5. The first kappa shape index (κ1) is 93.8. The van der Waals surface area contributed by atoms with Crippen LogP contribution in [0, 0.1) is 36.4 Å². The van der Waals surface area contributed by atoms with Gasteiger partial charge in [0.2, 0.25) is 79.6 Å². The van der Waals surface area contributed by atoms with E-state index in [-0.39, 0.29) is 11.6 Å². The maximum Gasteiger partial charge on any atom is 0.248 e. The van der Waals surface area contributed by atoms with Crippen LogP contribution in [0.5, 0.6) is 29.3 Å². The van der Waals surface area contributed by atoms with Crippen LogP contribution in [0.2, 0.25) is 0 Å². The third-order valence-corrected chi connectivity index (χ3v) is 21.7. The minimum absolute atomic E-state index is 0.101. The number of aromatic nitrogens is 4. The fraction of sp³-hybridized carbons (Fsp3) is 0.457. The average molecular weight is 1690 g/mol. The summed E-state index contributed by atoms with van der Waals surface area (Å²) in [4.78, 5) is 16.5. The van der Waals surface area contributed by atoms with Crippen LogP contribution in [-0.4, -0.2) is 140 Å². The maximum absolute atomic E-state index is 14.0. The molecule has 626 valence electrons. The molecule has 0 amide bonds. The van der Waals surface area contributed by atoms with Gasteiger partial charge in [-0.05, 0) is 174 Å². The van der Waals surface area contributed by atoms with E-state index in [1.807, 2.05) is 66.8 Å². The molecule has 0 radical (unpaired) electrons. The van der Waals surface area contributed by atoms with Crippen molar-refractivity contribution in [2.75, 3.05) is 90.4 Å². The lowest BCUT2D eigenvalue weighted by molar-refractivity contribution is -0.0558. The van der Waals surface area contributed by atoms with E-state index in [1.54, 1.807) is 32.2 Å². The van der Waals surface area contributed by atoms with Crippen LogP contribution < -0.4 is 47.3 Å². The number of hydrogen-bond acceptors (Lipinski definition) is 19. The molecule has 0 spiro atoms. The van der Waals surface area contributed by atoms with Crippen LogP contribution in [0.25, 0.3) is 29.4 Å². The molecule has 3 aliphatic carbocycles. The van der Waals surface area contributed by atoms with E-state index in [2.05, 4.69) is 102 Å². The molecule has 24 nitrogen and oxygen atoms in total. The molecule has 0 saturated heterocycles. The monoisotopic (exact) mass is 1680 g/mol. The molecule has 4 aromatic heterocycles. The van der Waals surface area contributed by atoms with Crippen LogP contribution in [-0.2, 0) is 50.1 Å². The van der Waals surface area contributed by atoms with Gasteiger partial charge in [0, 0.05) is 39.8 Å². The lowest BCUT2D eigenvalue weighted by atomic mass is 9.68. The zero-order valence-electron chi connectivity index (χ0n) is 67.6. The Kier molecular flexibility index (Phi) is 34.1. The van der Waals surface area contributed by atoms with E-state index >= 15 is 0 Å². The van der Waals surface area contributed by atoms with Gasteiger partial charge < -0.3 is 23.7 Å². The number of nitrogens with one attached hydrogen (secondary N) is 5. The van der Waals surface area contributed by atoms with E-state index in [4.69, 9.17) is 23.7 Å². The molecule has 0 atom stereocenters. The highest BCUT2D eigenvalue weighted by Gasteiger charge is 2.37. The second kappa shape index (κ2) is 41.5. The second-order valence-electron chi connectivity index (χ2n) is 29.8. The molecule has 0 unspecified atom stereocenters. The van der Waals surface area contributed by atoms with Gasteiger partial charge >= 0.3 is 0 Å². The summed E-state index contributed by atoms with van der Waals surface area (Å²) in [5.41, 5.74) is 8.76. The van der Waals surface area contributed by atoms with Crippen LogP contribution in [0.4, 0.5) is 46.0 Å². The van der Waals surface area contributed by atoms with Crippen molar-refractivity contribution < 1.29 is 83.3 Å². The topological polar surface area (TPSA) is 329 Å². The number of alkyl halides is 3. The molecule has 7 aromatic rings. The normalized spacial score (nSPS) is 18.6. The Hall–Kier alpha value is -9.05. The molecule has 33 heteroatoms. The van der Waals surface area contributed by atoms with Crippen LogP contribution >= 0.6 is 0 Å². The number of pyridine rings is 4. The van der Waals surface area contributed by atoms with Crippen molar-refractivity contribution in [1.82, 2.24) is 19.9 Å².